The van der Waals surface area contributed by atoms with E-state index < -0.39 is 0 Å². The van der Waals surface area contributed by atoms with E-state index in [1.54, 1.807) is 0 Å². The Kier molecular flexibility index (Phi) is 1.74. The Hall–Kier alpha value is -1.44. The highest BCUT2D eigenvalue weighted by atomic mass is 32.1. The number of H-pyrrole nitrogens is 1. The molecule has 0 saturated heterocycles. The van der Waals surface area contributed by atoms with E-state index in [-0.39, 0.29) is 0 Å². The van der Waals surface area contributed by atoms with Crippen molar-refractivity contribution in [2.75, 3.05) is 0 Å². The zero-order valence-corrected chi connectivity index (χ0v) is 7.06. The zero-order valence-electron chi connectivity index (χ0n) is 6.24. The Morgan fingerprint density at radius 2 is 2.17 bits per heavy atom. The molecule has 1 aromatic heterocycles. The van der Waals surface area contributed by atoms with E-state index in [1.807, 2.05) is 30.3 Å². The monoisotopic (exact) mass is 174 g/mol. The van der Waals surface area contributed by atoms with E-state index in [0.717, 1.165) is 16.7 Å². The first kappa shape index (κ1) is 7.22. The molecular formula is C9H6N2S. The zero-order chi connectivity index (χ0) is 8.39. The first-order chi connectivity index (χ1) is 5.90. The van der Waals surface area contributed by atoms with Gasteiger partial charge < -0.3 is 4.98 Å². The lowest BCUT2D eigenvalue weighted by atomic mass is 10.2. The molecule has 12 heavy (non-hydrogen) atoms. The quantitative estimate of drug-likeness (QED) is 0.522. The minimum atomic E-state index is 0.756. The number of thiocarbonyl (C=S) groups is 1. The van der Waals surface area contributed by atoms with Gasteiger partial charge in [0.2, 0.25) is 0 Å². The Bertz CT molecular complexity index is 419. The van der Waals surface area contributed by atoms with Crippen molar-refractivity contribution in [1.29, 1.82) is 0 Å². The van der Waals surface area contributed by atoms with Crippen LogP contribution in [0.15, 0.2) is 35.3 Å². The summed E-state index contributed by atoms with van der Waals surface area (Å²) >= 11 is 4.50. The van der Waals surface area contributed by atoms with Crippen molar-refractivity contribution in [2.24, 2.45) is 4.99 Å². The Morgan fingerprint density at radius 3 is 2.92 bits per heavy atom. The van der Waals surface area contributed by atoms with Crippen LogP contribution in [0.2, 0.25) is 0 Å². The van der Waals surface area contributed by atoms with Crippen LogP contribution in [0.4, 0.5) is 5.82 Å². The second-order valence-corrected chi connectivity index (χ2v) is 2.63. The second-order valence-electron chi connectivity index (χ2n) is 2.44. The molecule has 2 aromatic rings. The summed E-state index contributed by atoms with van der Waals surface area (Å²) in [4.78, 5) is 6.95. The van der Waals surface area contributed by atoms with E-state index in [4.69, 9.17) is 0 Å². The molecular weight excluding hydrogens is 168 g/mol. The standard InChI is InChI=1S/C9H6N2S/c12-6-10-9-5-7-3-1-2-4-8(7)11-9/h1-5,11H. The largest absolute Gasteiger partial charge is 0.339 e. The third-order valence-electron chi connectivity index (χ3n) is 1.68. The van der Waals surface area contributed by atoms with E-state index in [0.29, 0.717) is 0 Å². The fourth-order valence-electron chi connectivity index (χ4n) is 1.17. The molecule has 0 bridgehead atoms. The Labute approximate surface area is 74.9 Å². The molecule has 1 heterocycles. The molecule has 0 fully saturated rings. The van der Waals surface area contributed by atoms with Gasteiger partial charge in [-0.3, -0.25) is 0 Å². The van der Waals surface area contributed by atoms with Gasteiger partial charge in [0, 0.05) is 10.9 Å². The maximum atomic E-state index is 4.50. The lowest BCUT2D eigenvalue weighted by Crippen LogP contribution is -1.63. The van der Waals surface area contributed by atoms with Crippen LogP contribution in [0.25, 0.3) is 10.9 Å². The van der Waals surface area contributed by atoms with Crippen LogP contribution in [0.1, 0.15) is 0 Å². The topological polar surface area (TPSA) is 28.1 Å². The van der Waals surface area contributed by atoms with Gasteiger partial charge in [0.05, 0.1) is 5.16 Å². The van der Waals surface area contributed by atoms with Crippen LogP contribution >= 0.6 is 12.2 Å². The van der Waals surface area contributed by atoms with E-state index >= 15 is 0 Å². The molecule has 1 aromatic carbocycles. The molecule has 0 atom stereocenters. The summed E-state index contributed by atoms with van der Waals surface area (Å²) in [6, 6.07) is 9.92. The van der Waals surface area contributed by atoms with Gasteiger partial charge in [0.1, 0.15) is 5.82 Å². The molecule has 0 aliphatic rings. The molecule has 1 N–H and O–H groups in total. The normalized spacial score (nSPS) is 9.67. The average molecular weight is 174 g/mol. The SMILES string of the molecule is S=C=Nc1cc2ccccc2[nH]1. The molecule has 0 saturated carbocycles. The van der Waals surface area contributed by atoms with Crippen LogP contribution in [0.3, 0.4) is 0 Å². The summed E-state index contributed by atoms with van der Waals surface area (Å²) in [5.41, 5.74) is 1.07. The maximum absolute atomic E-state index is 4.50. The molecule has 0 aliphatic heterocycles. The maximum Gasteiger partial charge on any atom is 0.141 e. The van der Waals surface area contributed by atoms with Gasteiger partial charge in [0.15, 0.2) is 0 Å². The highest BCUT2D eigenvalue weighted by Crippen LogP contribution is 2.19. The predicted molar refractivity (Wildman–Crippen MR) is 53.0 cm³/mol. The number of aromatic nitrogens is 1. The number of para-hydroxylation sites is 1. The fraction of sp³-hybridized carbons (Fsp3) is 0. The smallest absolute Gasteiger partial charge is 0.141 e. The first-order valence-electron chi connectivity index (χ1n) is 3.56. The number of aliphatic imine (C=N–C) groups is 1. The number of nitrogens with one attached hydrogen (secondary N) is 1. The van der Waals surface area contributed by atoms with Crippen molar-refractivity contribution in [3.63, 3.8) is 0 Å². The van der Waals surface area contributed by atoms with Crippen molar-refractivity contribution in [3.8, 4) is 0 Å². The van der Waals surface area contributed by atoms with Crippen molar-refractivity contribution in [3.05, 3.63) is 30.3 Å². The van der Waals surface area contributed by atoms with Gasteiger partial charge in [-0.05, 0) is 24.4 Å². The third kappa shape index (κ3) is 1.16. The van der Waals surface area contributed by atoms with E-state index in [2.05, 4.69) is 27.4 Å². The Balaban J connectivity index is 2.69. The lowest BCUT2D eigenvalue weighted by Gasteiger charge is -1.83. The molecule has 58 valence electrons. The van der Waals surface area contributed by atoms with Crippen LogP contribution in [-0.4, -0.2) is 10.1 Å². The summed E-state index contributed by atoms with van der Waals surface area (Å²) in [6.07, 6.45) is 0. The van der Waals surface area contributed by atoms with Gasteiger partial charge in [-0.25, -0.2) is 0 Å². The highest BCUT2D eigenvalue weighted by molar-refractivity contribution is 7.78. The van der Waals surface area contributed by atoms with Crippen molar-refractivity contribution < 1.29 is 0 Å². The van der Waals surface area contributed by atoms with Gasteiger partial charge >= 0.3 is 0 Å². The van der Waals surface area contributed by atoms with Gasteiger partial charge in [-0.1, -0.05) is 18.2 Å². The van der Waals surface area contributed by atoms with Gasteiger partial charge in [-0.15, -0.1) is 0 Å². The summed E-state index contributed by atoms with van der Waals surface area (Å²) in [6.45, 7) is 0. The number of nitrogens with zero attached hydrogens (tertiary/aromatic N) is 1. The number of benzene rings is 1. The van der Waals surface area contributed by atoms with E-state index in [1.165, 1.54) is 0 Å². The van der Waals surface area contributed by atoms with Crippen LogP contribution in [0, 0.1) is 0 Å². The summed E-state index contributed by atoms with van der Waals surface area (Å²) < 4.78 is 0. The van der Waals surface area contributed by atoms with Crippen molar-refractivity contribution in [1.82, 2.24) is 4.98 Å². The second kappa shape index (κ2) is 2.89. The van der Waals surface area contributed by atoms with Crippen LogP contribution < -0.4 is 0 Å². The van der Waals surface area contributed by atoms with Crippen molar-refractivity contribution in [2.45, 2.75) is 0 Å². The highest BCUT2D eigenvalue weighted by Gasteiger charge is 1.95. The molecule has 0 amide bonds. The molecule has 0 unspecified atom stereocenters. The Morgan fingerprint density at radius 1 is 1.33 bits per heavy atom. The molecule has 2 nitrogen and oxygen atoms in total. The number of fused-ring (bicyclic) bond motifs is 1. The average Bonchev–Trinajstić information content (AvgIpc) is 2.47. The van der Waals surface area contributed by atoms with E-state index in [9.17, 15) is 0 Å². The van der Waals surface area contributed by atoms with Crippen molar-refractivity contribution >= 4 is 34.1 Å². The lowest BCUT2D eigenvalue weighted by molar-refractivity contribution is 1.39. The predicted octanol–water partition coefficient (Wildman–Crippen LogP) is 2.90. The number of aromatic amines is 1. The van der Waals surface area contributed by atoms with Crippen LogP contribution in [-0.2, 0) is 0 Å². The molecule has 0 spiro atoms. The molecule has 0 radical (unpaired) electrons. The number of hydrogen-bond donors (Lipinski definition) is 1. The van der Waals surface area contributed by atoms with Gasteiger partial charge in [0.25, 0.3) is 0 Å². The molecule has 2 rings (SSSR count). The molecule has 3 heteroatoms. The number of isothiocyanates is 1. The molecule has 0 aliphatic carbocycles. The summed E-state index contributed by atoms with van der Waals surface area (Å²) in [7, 11) is 0. The summed E-state index contributed by atoms with van der Waals surface area (Å²) in [5.74, 6) is 0.756. The van der Waals surface area contributed by atoms with Crippen LogP contribution in [0.5, 0.6) is 0 Å². The number of hydrogen-bond acceptors (Lipinski definition) is 2. The fourth-order valence-corrected chi connectivity index (χ4v) is 1.27. The first-order valence-corrected chi connectivity index (χ1v) is 3.96. The summed E-state index contributed by atoms with van der Waals surface area (Å²) in [5, 5.41) is 3.46. The van der Waals surface area contributed by atoms with Gasteiger partial charge in [-0.2, -0.15) is 4.99 Å². The minimum absolute atomic E-state index is 0.756. The third-order valence-corrected chi connectivity index (χ3v) is 1.77. The number of rotatable bonds is 1. The minimum Gasteiger partial charge on any atom is -0.339 e.